The van der Waals surface area contributed by atoms with Crippen LogP contribution in [-0.2, 0) is 13.0 Å². The molecule has 1 aliphatic rings. The second-order valence-electron chi connectivity index (χ2n) is 7.73. The van der Waals surface area contributed by atoms with Crippen molar-refractivity contribution in [3.05, 3.63) is 83.7 Å². The first-order valence-corrected chi connectivity index (χ1v) is 10.0. The highest BCUT2D eigenvalue weighted by atomic mass is 16.2. The molecule has 0 saturated carbocycles. The normalized spacial score (nSPS) is 15.7. The number of aryl methyl sites for hydroxylation is 1. The minimum absolute atomic E-state index is 0.00249. The van der Waals surface area contributed by atoms with Crippen molar-refractivity contribution in [1.82, 2.24) is 9.47 Å². The van der Waals surface area contributed by atoms with Crippen LogP contribution in [0.15, 0.2) is 66.9 Å². The zero-order chi connectivity index (χ0) is 19.7. The van der Waals surface area contributed by atoms with Gasteiger partial charge in [-0.05, 0) is 53.8 Å². The number of amides is 2. The highest BCUT2D eigenvalue weighted by Gasteiger charge is 2.33. The topological polar surface area (TPSA) is 37.3 Å². The van der Waals surface area contributed by atoms with Crippen LogP contribution in [0.4, 0.5) is 10.5 Å². The summed E-state index contributed by atoms with van der Waals surface area (Å²) in [6.07, 6.45) is 3.08. The van der Waals surface area contributed by atoms with Crippen molar-refractivity contribution >= 4 is 11.7 Å². The van der Waals surface area contributed by atoms with E-state index >= 15 is 0 Å². The predicted molar refractivity (Wildman–Crippen MR) is 114 cm³/mol. The highest BCUT2D eigenvalue weighted by Crippen LogP contribution is 2.36. The first-order valence-electron chi connectivity index (χ1n) is 10.0. The number of hydrogen-bond acceptors (Lipinski definition) is 1. The van der Waals surface area contributed by atoms with Crippen LogP contribution in [0.25, 0.3) is 5.69 Å². The summed E-state index contributed by atoms with van der Waals surface area (Å²) in [5, 5.41) is 3.11. The molecule has 2 aromatic carbocycles. The summed E-state index contributed by atoms with van der Waals surface area (Å²) in [6, 6.07) is 20.6. The number of urea groups is 1. The maximum Gasteiger partial charge on any atom is 0.322 e. The van der Waals surface area contributed by atoms with Crippen molar-refractivity contribution in [3.8, 4) is 5.69 Å². The summed E-state index contributed by atoms with van der Waals surface area (Å²) in [7, 11) is 0. The Labute approximate surface area is 166 Å². The van der Waals surface area contributed by atoms with Gasteiger partial charge in [-0.1, -0.05) is 51.1 Å². The highest BCUT2D eigenvalue weighted by molar-refractivity contribution is 5.89. The lowest BCUT2D eigenvalue weighted by Gasteiger charge is -2.33. The molecule has 28 heavy (non-hydrogen) atoms. The molecule has 0 aliphatic carbocycles. The number of anilines is 1. The van der Waals surface area contributed by atoms with E-state index in [1.807, 2.05) is 23.1 Å². The molecular formula is C24H27N3O. The fourth-order valence-corrected chi connectivity index (χ4v) is 4.09. The smallest absolute Gasteiger partial charge is 0.318 e. The van der Waals surface area contributed by atoms with E-state index in [9.17, 15) is 4.79 Å². The predicted octanol–water partition coefficient (Wildman–Crippen LogP) is 5.78. The number of fused-ring (bicyclic) bond motifs is 3. The van der Waals surface area contributed by atoms with E-state index in [1.54, 1.807) is 0 Å². The minimum Gasteiger partial charge on any atom is -0.318 e. The quantitative estimate of drug-likeness (QED) is 0.620. The molecule has 144 valence electrons. The Hall–Kier alpha value is -3.01. The molecule has 1 atom stereocenters. The molecule has 4 heteroatoms. The zero-order valence-corrected chi connectivity index (χ0v) is 16.7. The Morgan fingerprint density at radius 1 is 1.07 bits per heavy atom. The van der Waals surface area contributed by atoms with Gasteiger partial charge in [-0.25, -0.2) is 4.79 Å². The molecule has 0 radical (unpaired) electrons. The summed E-state index contributed by atoms with van der Waals surface area (Å²) in [4.78, 5) is 15.3. The number of carbonyl (C=O) groups excluding carboxylic acids is 1. The van der Waals surface area contributed by atoms with Gasteiger partial charge < -0.3 is 14.8 Å². The number of carbonyl (C=O) groups is 1. The van der Waals surface area contributed by atoms with Gasteiger partial charge in [-0.15, -0.1) is 0 Å². The van der Waals surface area contributed by atoms with E-state index < -0.39 is 0 Å². The molecule has 0 saturated heterocycles. The molecule has 1 unspecified atom stereocenters. The molecule has 1 N–H and O–H groups in total. The fourth-order valence-electron chi connectivity index (χ4n) is 4.09. The maximum absolute atomic E-state index is 13.3. The zero-order valence-electron chi connectivity index (χ0n) is 16.7. The van der Waals surface area contributed by atoms with Crippen molar-refractivity contribution < 1.29 is 4.79 Å². The molecule has 1 aromatic heterocycles. The average Bonchev–Trinajstić information content (AvgIpc) is 3.12. The van der Waals surface area contributed by atoms with Crippen molar-refractivity contribution in [2.45, 2.75) is 39.8 Å². The Morgan fingerprint density at radius 2 is 1.82 bits per heavy atom. The second-order valence-corrected chi connectivity index (χ2v) is 7.73. The summed E-state index contributed by atoms with van der Waals surface area (Å²) in [5.41, 5.74) is 5.55. The Kier molecular flexibility index (Phi) is 4.95. The third-order valence-corrected chi connectivity index (χ3v) is 5.52. The fraction of sp³-hybridized carbons (Fsp3) is 0.292. The lowest BCUT2D eigenvalue weighted by atomic mass is 9.99. The van der Waals surface area contributed by atoms with Crippen LogP contribution < -0.4 is 5.32 Å². The molecule has 2 amide bonds. The summed E-state index contributed by atoms with van der Waals surface area (Å²) < 4.78 is 2.23. The van der Waals surface area contributed by atoms with E-state index in [1.165, 1.54) is 5.56 Å². The van der Waals surface area contributed by atoms with Crippen LogP contribution in [0.2, 0.25) is 0 Å². The third kappa shape index (κ3) is 3.31. The van der Waals surface area contributed by atoms with Crippen molar-refractivity contribution in [2.24, 2.45) is 5.92 Å². The Morgan fingerprint density at radius 3 is 2.54 bits per heavy atom. The molecule has 1 aliphatic heterocycles. The molecule has 0 fully saturated rings. The largest absolute Gasteiger partial charge is 0.322 e. The average molecular weight is 374 g/mol. The number of benzene rings is 2. The van der Waals surface area contributed by atoms with Gasteiger partial charge >= 0.3 is 6.03 Å². The van der Waals surface area contributed by atoms with E-state index in [0.29, 0.717) is 6.54 Å². The maximum atomic E-state index is 13.3. The first-order chi connectivity index (χ1) is 13.6. The van der Waals surface area contributed by atoms with E-state index in [4.69, 9.17) is 0 Å². The van der Waals surface area contributed by atoms with Gasteiger partial charge in [0.25, 0.3) is 0 Å². The summed E-state index contributed by atoms with van der Waals surface area (Å²) in [6.45, 7) is 7.06. The van der Waals surface area contributed by atoms with Crippen LogP contribution in [0, 0.1) is 5.92 Å². The number of para-hydroxylation sites is 1. The van der Waals surface area contributed by atoms with E-state index in [2.05, 4.69) is 79.3 Å². The number of nitrogens with zero attached hydrogens (tertiary/aromatic N) is 2. The lowest BCUT2D eigenvalue weighted by molar-refractivity contribution is 0.162. The van der Waals surface area contributed by atoms with E-state index in [0.717, 1.165) is 29.1 Å². The van der Waals surface area contributed by atoms with Crippen LogP contribution in [-0.4, -0.2) is 15.5 Å². The monoisotopic (exact) mass is 373 g/mol. The Bertz CT molecular complexity index is 972. The summed E-state index contributed by atoms with van der Waals surface area (Å²) >= 11 is 0. The van der Waals surface area contributed by atoms with Gasteiger partial charge in [0.15, 0.2) is 0 Å². The van der Waals surface area contributed by atoms with Crippen LogP contribution in [0.3, 0.4) is 0 Å². The van der Waals surface area contributed by atoms with Gasteiger partial charge in [0.2, 0.25) is 0 Å². The second kappa shape index (κ2) is 7.55. The SMILES string of the molecule is CCc1ccc(NC(=O)N2Cc3ccccc3-n3cccc3C2C(C)C)cc1. The van der Waals surface area contributed by atoms with Crippen molar-refractivity contribution in [3.63, 3.8) is 0 Å². The van der Waals surface area contributed by atoms with Gasteiger partial charge in [0.05, 0.1) is 18.3 Å². The van der Waals surface area contributed by atoms with E-state index in [-0.39, 0.29) is 18.0 Å². The molecule has 4 nitrogen and oxygen atoms in total. The number of nitrogens with one attached hydrogen (secondary N) is 1. The molecule has 2 heterocycles. The molecule has 4 rings (SSSR count). The van der Waals surface area contributed by atoms with Gasteiger partial charge in [-0.3, -0.25) is 0 Å². The molecule has 0 spiro atoms. The van der Waals surface area contributed by atoms with Crippen LogP contribution >= 0.6 is 0 Å². The number of aromatic nitrogens is 1. The van der Waals surface area contributed by atoms with Crippen molar-refractivity contribution in [1.29, 1.82) is 0 Å². The molecule has 3 aromatic rings. The number of rotatable bonds is 3. The standard InChI is InChI=1S/C24H27N3O/c1-4-18-11-13-20(14-12-18)25-24(28)27-16-19-8-5-6-9-21(19)26-15-7-10-22(26)23(27)17(2)3/h5-15,17,23H,4,16H2,1-3H3,(H,25,28). The van der Waals surface area contributed by atoms with Crippen LogP contribution in [0.5, 0.6) is 0 Å². The van der Waals surface area contributed by atoms with Crippen LogP contribution in [0.1, 0.15) is 43.6 Å². The molecule has 0 bridgehead atoms. The van der Waals surface area contributed by atoms with Gasteiger partial charge in [0, 0.05) is 17.6 Å². The van der Waals surface area contributed by atoms with Gasteiger partial charge in [-0.2, -0.15) is 0 Å². The minimum atomic E-state index is -0.0626. The summed E-state index contributed by atoms with van der Waals surface area (Å²) in [5.74, 6) is 0.288. The van der Waals surface area contributed by atoms with Crippen molar-refractivity contribution in [2.75, 3.05) is 5.32 Å². The third-order valence-electron chi connectivity index (χ3n) is 5.52. The van der Waals surface area contributed by atoms with Gasteiger partial charge in [0.1, 0.15) is 0 Å². The number of hydrogen-bond donors (Lipinski definition) is 1. The lowest BCUT2D eigenvalue weighted by Crippen LogP contribution is -2.39. The molecular weight excluding hydrogens is 346 g/mol. The Balaban J connectivity index is 1.71. The first kappa shape index (κ1) is 18.4.